The van der Waals surface area contributed by atoms with Gasteiger partial charge in [-0.1, -0.05) is 24.3 Å². The minimum Gasteiger partial charge on any atom is -0.478 e. The lowest BCUT2D eigenvalue weighted by Crippen LogP contribution is -2.52. The van der Waals surface area contributed by atoms with E-state index < -0.39 is 17.7 Å². The van der Waals surface area contributed by atoms with Crippen LogP contribution >= 0.6 is 0 Å². The summed E-state index contributed by atoms with van der Waals surface area (Å²) in [5.41, 5.74) is 3.25. The minimum absolute atomic E-state index is 0.0949. The second-order valence-electron chi connectivity index (χ2n) is 8.30. The van der Waals surface area contributed by atoms with Gasteiger partial charge in [0.05, 0.1) is 16.8 Å². The van der Waals surface area contributed by atoms with Gasteiger partial charge in [0.25, 0.3) is 5.91 Å². The predicted octanol–water partition coefficient (Wildman–Crippen LogP) is 4.80. The molecule has 0 spiro atoms. The molecular weight excluding hydrogens is 421 g/mol. The third-order valence-electron chi connectivity index (χ3n) is 5.90. The Morgan fingerprint density at radius 1 is 1.00 bits per heavy atom. The van der Waals surface area contributed by atoms with Gasteiger partial charge in [-0.15, -0.1) is 0 Å². The zero-order valence-electron chi connectivity index (χ0n) is 18.6. The Morgan fingerprint density at radius 3 is 2.48 bits per heavy atom. The Hall–Kier alpha value is -3.87. The highest BCUT2D eigenvalue weighted by Gasteiger charge is 2.27. The van der Waals surface area contributed by atoms with E-state index >= 15 is 0 Å². The standard InChI is InChI=1S/C26H26FN3O3/c1-17-6-5-7-20(14-17)30-13-12-29(16-18(30)2)24-11-10-19(15-22(24)26(32)33)28-25(31)21-8-3-4-9-23(21)27/h3-11,14-15,18H,12-13,16H2,1-2H3,(H,28,31)(H,32,33)/t18-/m1/s1. The lowest BCUT2D eigenvalue weighted by Gasteiger charge is -2.42. The molecule has 1 amide bonds. The number of hydrogen-bond acceptors (Lipinski definition) is 4. The summed E-state index contributed by atoms with van der Waals surface area (Å²) in [6.45, 7) is 6.28. The normalized spacial score (nSPS) is 15.9. The van der Waals surface area contributed by atoms with E-state index in [9.17, 15) is 19.1 Å². The molecular formula is C26H26FN3O3. The quantitative estimate of drug-likeness (QED) is 0.588. The molecule has 1 fully saturated rings. The molecule has 170 valence electrons. The maximum absolute atomic E-state index is 13.9. The zero-order valence-corrected chi connectivity index (χ0v) is 18.6. The lowest BCUT2D eigenvalue weighted by molar-refractivity contribution is 0.0697. The molecule has 3 aromatic carbocycles. The molecule has 3 aromatic rings. The Kier molecular flexibility index (Phi) is 6.31. The summed E-state index contributed by atoms with van der Waals surface area (Å²) >= 11 is 0. The Bertz CT molecular complexity index is 1200. The number of hydrogen-bond donors (Lipinski definition) is 2. The molecule has 7 heteroatoms. The largest absolute Gasteiger partial charge is 0.478 e. The molecule has 0 bridgehead atoms. The van der Waals surface area contributed by atoms with E-state index in [-0.39, 0.29) is 17.2 Å². The van der Waals surface area contributed by atoms with Crippen molar-refractivity contribution in [3.63, 3.8) is 0 Å². The summed E-state index contributed by atoms with van der Waals surface area (Å²) in [5.74, 6) is -2.34. The summed E-state index contributed by atoms with van der Waals surface area (Å²) < 4.78 is 13.9. The van der Waals surface area contributed by atoms with Crippen LogP contribution in [0.1, 0.15) is 33.2 Å². The Labute approximate surface area is 192 Å². The van der Waals surface area contributed by atoms with Crippen LogP contribution < -0.4 is 15.1 Å². The van der Waals surface area contributed by atoms with Crippen LogP contribution in [-0.2, 0) is 0 Å². The number of aromatic carboxylic acids is 1. The van der Waals surface area contributed by atoms with Crippen molar-refractivity contribution in [1.82, 2.24) is 0 Å². The third kappa shape index (κ3) is 4.82. The molecule has 0 aliphatic carbocycles. The molecule has 4 rings (SSSR count). The van der Waals surface area contributed by atoms with Gasteiger partial charge < -0.3 is 20.2 Å². The van der Waals surface area contributed by atoms with Gasteiger partial charge in [-0.05, 0) is 61.9 Å². The number of carboxylic acid groups (broad SMARTS) is 1. The topological polar surface area (TPSA) is 72.9 Å². The number of anilines is 3. The van der Waals surface area contributed by atoms with Crippen LogP contribution in [0.15, 0.2) is 66.7 Å². The van der Waals surface area contributed by atoms with Crippen molar-refractivity contribution in [2.45, 2.75) is 19.9 Å². The first kappa shape index (κ1) is 22.3. The van der Waals surface area contributed by atoms with Crippen molar-refractivity contribution < 1.29 is 19.1 Å². The fraction of sp³-hybridized carbons (Fsp3) is 0.231. The highest BCUT2D eigenvalue weighted by Crippen LogP contribution is 2.29. The van der Waals surface area contributed by atoms with Crippen LogP contribution in [0.3, 0.4) is 0 Å². The van der Waals surface area contributed by atoms with Gasteiger partial charge in [0.2, 0.25) is 0 Å². The SMILES string of the molecule is Cc1cccc(N2CCN(c3ccc(NC(=O)c4ccccc4F)cc3C(=O)O)C[C@H]2C)c1. The number of benzene rings is 3. The number of amides is 1. The summed E-state index contributed by atoms with van der Waals surface area (Å²) in [6.07, 6.45) is 0. The molecule has 2 N–H and O–H groups in total. The summed E-state index contributed by atoms with van der Waals surface area (Å²) in [6, 6.07) is 19.0. The molecule has 1 atom stereocenters. The van der Waals surface area contributed by atoms with E-state index in [4.69, 9.17) is 0 Å². The van der Waals surface area contributed by atoms with Crippen molar-refractivity contribution in [3.8, 4) is 0 Å². The molecule has 1 saturated heterocycles. The fourth-order valence-electron chi connectivity index (χ4n) is 4.27. The number of halogens is 1. The molecule has 1 aliphatic heterocycles. The minimum atomic E-state index is -1.08. The van der Waals surface area contributed by atoms with Crippen LogP contribution in [0.5, 0.6) is 0 Å². The van der Waals surface area contributed by atoms with Gasteiger partial charge in [0.1, 0.15) is 5.82 Å². The van der Waals surface area contributed by atoms with Gasteiger partial charge >= 0.3 is 5.97 Å². The molecule has 0 radical (unpaired) electrons. The van der Waals surface area contributed by atoms with Gasteiger partial charge in [-0.2, -0.15) is 0 Å². The monoisotopic (exact) mass is 447 g/mol. The van der Waals surface area contributed by atoms with E-state index in [2.05, 4.69) is 47.2 Å². The van der Waals surface area contributed by atoms with E-state index in [1.165, 1.54) is 29.8 Å². The van der Waals surface area contributed by atoms with Gasteiger partial charge in [-0.3, -0.25) is 4.79 Å². The highest BCUT2D eigenvalue weighted by atomic mass is 19.1. The van der Waals surface area contributed by atoms with Crippen molar-refractivity contribution >= 4 is 28.9 Å². The maximum atomic E-state index is 13.9. The van der Waals surface area contributed by atoms with E-state index in [1.54, 1.807) is 18.2 Å². The smallest absolute Gasteiger partial charge is 0.337 e. The van der Waals surface area contributed by atoms with Crippen LogP contribution in [0.25, 0.3) is 0 Å². The van der Waals surface area contributed by atoms with Crippen molar-refractivity contribution in [2.75, 3.05) is 34.8 Å². The maximum Gasteiger partial charge on any atom is 0.337 e. The van der Waals surface area contributed by atoms with E-state index in [1.807, 2.05) is 6.07 Å². The zero-order chi connectivity index (χ0) is 23.5. The number of carbonyl (C=O) groups excluding carboxylic acids is 1. The number of carboxylic acids is 1. The van der Waals surface area contributed by atoms with Gasteiger partial charge in [-0.25, -0.2) is 9.18 Å². The Morgan fingerprint density at radius 2 is 1.79 bits per heavy atom. The molecule has 1 heterocycles. The van der Waals surface area contributed by atoms with Crippen LogP contribution in [0.2, 0.25) is 0 Å². The van der Waals surface area contributed by atoms with Crippen molar-refractivity contribution in [2.24, 2.45) is 0 Å². The first-order valence-corrected chi connectivity index (χ1v) is 10.8. The number of carbonyl (C=O) groups is 2. The average Bonchev–Trinajstić information content (AvgIpc) is 2.79. The lowest BCUT2D eigenvalue weighted by atomic mass is 10.1. The van der Waals surface area contributed by atoms with E-state index in [0.717, 1.165) is 12.2 Å². The summed E-state index contributed by atoms with van der Waals surface area (Å²) in [7, 11) is 0. The molecule has 0 unspecified atom stereocenters. The van der Waals surface area contributed by atoms with Crippen LogP contribution in [0.4, 0.5) is 21.5 Å². The van der Waals surface area contributed by atoms with Crippen molar-refractivity contribution in [1.29, 1.82) is 0 Å². The number of aryl methyl sites for hydroxylation is 1. The van der Waals surface area contributed by atoms with Gasteiger partial charge in [0, 0.05) is 37.1 Å². The van der Waals surface area contributed by atoms with Crippen LogP contribution in [-0.4, -0.2) is 42.7 Å². The number of rotatable bonds is 5. The first-order valence-electron chi connectivity index (χ1n) is 10.8. The molecule has 33 heavy (non-hydrogen) atoms. The van der Waals surface area contributed by atoms with Crippen LogP contribution in [0, 0.1) is 12.7 Å². The first-order chi connectivity index (χ1) is 15.8. The molecule has 0 aromatic heterocycles. The van der Waals surface area contributed by atoms with E-state index in [0.29, 0.717) is 24.5 Å². The summed E-state index contributed by atoms with van der Waals surface area (Å²) in [5, 5.41) is 12.4. The third-order valence-corrected chi connectivity index (χ3v) is 5.90. The number of nitrogens with one attached hydrogen (secondary N) is 1. The summed E-state index contributed by atoms with van der Waals surface area (Å²) in [4.78, 5) is 28.8. The van der Waals surface area contributed by atoms with Crippen molar-refractivity contribution in [3.05, 3.63) is 89.2 Å². The number of nitrogens with zero attached hydrogens (tertiary/aromatic N) is 2. The molecule has 1 aliphatic rings. The second-order valence-corrected chi connectivity index (χ2v) is 8.30. The molecule has 0 saturated carbocycles. The number of piperazine rings is 1. The average molecular weight is 448 g/mol. The van der Waals surface area contributed by atoms with Gasteiger partial charge in [0.15, 0.2) is 0 Å². The Balaban J connectivity index is 1.53. The second kappa shape index (κ2) is 9.32. The fourth-order valence-corrected chi connectivity index (χ4v) is 4.27. The highest BCUT2D eigenvalue weighted by molar-refractivity contribution is 6.05. The predicted molar refractivity (Wildman–Crippen MR) is 128 cm³/mol. The molecule has 6 nitrogen and oxygen atoms in total.